The third-order valence-corrected chi connectivity index (χ3v) is 4.84. The molecule has 6 heteroatoms. The number of benzene rings is 2. The minimum absolute atomic E-state index is 0.0736. The predicted molar refractivity (Wildman–Crippen MR) is 108 cm³/mol. The van der Waals surface area contributed by atoms with Gasteiger partial charge in [0.1, 0.15) is 0 Å². The van der Waals surface area contributed by atoms with Gasteiger partial charge in [-0.05, 0) is 43.5 Å². The fourth-order valence-electron chi connectivity index (χ4n) is 3.36. The summed E-state index contributed by atoms with van der Waals surface area (Å²) in [7, 11) is 0. The molecule has 1 aliphatic rings. The highest BCUT2D eigenvalue weighted by Crippen LogP contribution is 2.30. The van der Waals surface area contributed by atoms with Crippen LogP contribution >= 0.6 is 0 Å². The number of hydrogen-bond donors (Lipinski definition) is 3. The first kappa shape index (κ1) is 18.8. The summed E-state index contributed by atoms with van der Waals surface area (Å²) in [6, 6.07) is 15.1. The van der Waals surface area contributed by atoms with E-state index in [1.165, 1.54) is 0 Å². The summed E-state index contributed by atoms with van der Waals surface area (Å²) in [6.45, 7) is 4.03. The molecular weight excluding hydrogens is 340 g/mol. The Bertz CT molecular complexity index is 801. The maximum atomic E-state index is 12.4. The van der Waals surface area contributed by atoms with Gasteiger partial charge in [-0.2, -0.15) is 0 Å². The molecule has 3 rings (SSSR count). The number of hydrogen-bond acceptors (Lipinski definition) is 4. The van der Waals surface area contributed by atoms with E-state index in [2.05, 4.69) is 15.5 Å². The van der Waals surface area contributed by atoms with E-state index < -0.39 is 5.91 Å². The number of primary amides is 1. The van der Waals surface area contributed by atoms with Gasteiger partial charge in [0, 0.05) is 18.7 Å². The predicted octanol–water partition coefficient (Wildman–Crippen LogP) is 2.68. The first-order chi connectivity index (χ1) is 13.0. The lowest BCUT2D eigenvalue weighted by Gasteiger charge is -2.23. The number of amides is 2. The molecule has 0 aromatic heterocycles. The van der Waals surface area contributed by atoms with E-state index in [1.807, 2.05) is 43.3 Å². The number of anilines is 2. The molecule has 1 unspecified atom stereocenters. The quantitative estimate of drug-likeness (QED) is 0.703. The molecule has 142 valence electrons. The van der Waals surface area contributed by atoms with E-state index in [0.29, 0.717) is 5.56 Å². The van der Waals surface area contributed by atoms with Crippen molar-refractivity contribution < 1.29 is 9.59 Å². The van der Waals surface area contributed by atoms with Crippen LogP contribution in [-0.4, -0.2) is 31.4 Å². The summed E-state index contributed by atoms with van der Waals surface area (Å²) in [6.07, 6.45) is 2.29. The van der Waals surface area contributed by atoms with E-state index in [4.69, 9.17) is 5.73 Å². The molecule has 27 heavy (non-hydrogen) atoms. The van der Waals surface area contributed by atoms with E-state index >= 15 is 0 Å². The van der Waals surface area contributed by atoms with Crippen LogP contribution in [0.4, 0.5) is 11.4 Å². The zero-order valence-corrected chi connectivity index (χ0v) is 15.6. The molecule has 2 aromatic carbocycles. The zero-order chi connectivity index (χ0) is 19.2. The summed E-state index contributed by atoms with van der Waals surface area (Å²) in [5.41, 5.74) is 8.66. The molecule has 4 N–H and O–H groups in total. The Morgan fingerprint density at radius 1 is 1.11 bits per heavy atom. The van der Waals surface area contributed by atoms with Crippen LogP contribution in [-0.2, 0) is 4.79 Å². The Hall–Kier alpha value is -3.02. The molecule has 2 amide bonds. The first-order valence-corrected chi connectivity index (χ1v) is 9.31. The van der Waals surface area contributed by atoms with Gasteiger partial charge in [0.15, 0.2) is 0 Å². The molecular formula is C21H26N4O2. The molecule has 0 radical (unpaired) electrons. The summed E-state index contributed by atoms with van der Waals surface area (Å²) >= 11 is 0. The largest absolute Gasteiger partial charge is 0.374 e. The van der Waals surface area contributed by atoms with Crippen molar-refractivity contribution in [2.75, 3.05) is 29.9 Å². The lowest BCUT2D eigenvalue weighted by Crippen LogP contribution is -2.32. The number of nitrogens with one attached hydrogen (secondary N) is 2. The third-order valence-electron chi connectivity index (χ3n) is 4.84. The van der Waals surface area contributed by atoms with Crippen molar-refractivity contribution in [1.29, 1.82) is 0 Å². The summed E-state index contributed by atoms with van der Waals surface area (Å²) in [4.78, 5) is 26.2. The van der Waals surface area contributed by atoms with Gasteiger partial charge in [0.25, 0.3) is 0 Å². The molecule has 0 spiro atoms. The van der Waals surface area contributed by atoms with Crippen molar-refractivity contribution in [1.82, 2.24) is 5.32 Å². The van der Waals surface area contributed by atoms with E-state index in [9.17, 15) is 9.59 Å². The standard InChI is InChI=1S/C21H26N4O2/c1-15(16-7-3-2-4-8-16)24-20(26)14-23-18-13-17(21(22)27)9-10-19(18)25-11-5-6-12-25/h2-4,7-10,13,15,23H,5-6,11-12,14H2,1H3,(H2,22,27)(H,24,26). The second-order valence-corrected chi connectivity index (χ2v) is 6.84. The highest BCUT2D eigenvalue weighted by molar-refractivity contribution is 5.95. The maximum absolute atomic E-state index is 12.4. The molecule has 0 saturated carbocycles. The van der Waals surface area contributed by atoms with Gasteiger partial charge in [0.2, 0.25) is 11.8 Å². The van der Waals surface area contributed by atoms with Crippen LogP contribution in [0.3, 0.4) is 0 Å². The minimum atomic E-state index is -0.479. The van der Waals surface area contributed by atoms with Crippen LogP contribution in [0, 0.1) is 0 Å². The van der Waals surface area contributed by atoms with Crippen LogP contribution in [0.2, 0.25) is 0 Å². The Morgan fingerprint density at radius 3 is 2.48 bits per heavy atom. The van der Waals surface area contributed by atoms with Crippen LogP contribution in [0.5, 0.6) is 0 Å². The second kappa shape index (κ2) is 8.58. The Morgan fingerprint density at radius 2 is 1.81 bits per heavy atom. The van der Waals surface area contributed by atoms with Crippen LogP contribution in [0.25, 0.3) is 0 Å². The van der Waals surface area contributed by atoms with Crippen molar-refractivity contribution in [2.24, 2.45) is 5.73 Å². The average molecular weight is 366 g/mol. The van der Waals surface area contributed by atoms with Gasteiger partial charge in [0.05, 0.1) is 24.0 Å². The molecule has 0 aliphatic carbocycles. The number of carbonyl (C=O) groups is 2. The minimum Gasteiger partial charge on any atom is -0.374 e. The van der Waals surface area contributed by atoms with E-state index in [0.717, 1.165) is 42.9 Å². The summed E-state index contributed by atoms with van der Waals surface area (Å²) < 4.78 is 0. The molecule has 1 saturated heterocycles. The highest BCUT2D eigenvalue weighted by Gasteiger charge is 2.18. The van der Waals surface area contributed by atoms with Gasteiger partial charge >= 0.3 is 0 Å². The van der Waals surface area contributed by atoms with E-state index in [1.54, 1.807) is 12.1 Å². The monoisotopic (exact) mass is 366 g/mol. The third kappa shape index (κ3) is 4.78. The van der Waals surface area contributed by atoms with Crippen LogP contribution in [0.1, 0.15) is 41.7 Å². The van der Waals surface area contributed by atoms with Crippen molar-refractivity contribution in [3.63, 3.8) is 0 Å². The molecule has 2 aromatic rings. The summed E-state index contributed by atoms with van der Waals surface area (Å²) in [5, 5.41) is 6.17. The number of carbonyl (C=O) groups excluding carboxylic acids is 2. The Balaban J connectivity index is 1.67. The Kier molecular flexibility index (Phi) is 5.96. The van der Waals surface area contributed by atoms with Crippen LogP contribution < -0.4 is 21.3 Å². The molecule has 6 nitrogen and oxygen atoms in total. The average Bonchev–Trinajstić information content (AvgIpc) is 3.21. The number of rotatable bonds is 7. The second-order valence-electron chi connectivity index (χ2n) is 6.84. The SMILES string of the molecule is CC(NC(=O)CNc1cc(C(N)=O)ccc1N1CCCC1)c1ccccc1. The first-order valence-electron chi connectivity index (χ1n) is 9.31. The molecule has 1 aliphatic heterocycles. The summed E-state index contributed by atoms with van der Waals surface area (Å²) in [5.74, 6) is -0.587. The van der Waals surface area contributed by atoms with Gasteiger partial charge in [-0.25, -0.2) is 0 Å². The van der Waals surface area contributed by atoms with Gasteiger partial charge in [-0.1, -0.05) is 30.3 Å². The van der Waals surface area contributed by atoms with Gasteiger partial charge in [-0.15, -0.1) is 0 Å². The lowest BCUT2D eigenvalue weighted by molar-refractivity contribution is -0.120. The lowest BCUT2D eigenvalue weighted by atomic mass is 10.1. The number of nitrogens with zero attached hydrogens (tertiary/aromatic N) is 1. The van der Waals surface area contributed by atoms with E-state index in [-0.39, 0.29) is 18.5 Å². The fraction of sp³-hybridized carbons (Fsp3) is 0.333. The molecule has 1 atom stereocenters. The van der Waals surface area contributed by atoms with Crippen molar-refractivity contribution >= 4 is 23.2 Å². The molecule has 1 heterocycles. The maximum Gasteiger partial charge on any atom is 0.248 e. The van der Waals surface area contributed by atoms with Crippen molar-refractivity contribution in [3.05, 3.63) is 59.7 Å². The normalized spacial score (nSPS) is 14.6. The van der Waals surface area contributed by atoms with Crippen LogP contribution in [0.15, 0.2) is 48.5 Å². The zero-order valence-electron chi connectivity index (χ0n) is 15.6. The van der Waals surface area contributed by atoms with Crippen molar-refractivity contribution in [2.45, 2.75) is 25.8 Å². The van der Waals surface area contributed by atoms with Gasteiger partial charge in [-0.3, -0.25) is 9.59 Å². The smallest absolute Gasteiger partial charge is 0.248 e. The fourth-order valence-corrected chi connectivity index (χ4v) is 3.36. The molecule has 1 fully saturated rings. The molecule has 0 bridgehead atoms. The highest BCUT2D eigenvalue weighted by atomic mass is 16.2. The number of nitrogens with two attached hydrogens (primary N) is 1. The topological polar surface area (TPSA) is 87.5 Å². The van der Waals surface area contributed by atoms with Gasteiger partial charge < -0.3 is 21.3 Å². The van der Waals surface area contributed by atoms with Crippen molar-refractivity contribution in [3.8, 4) is 0 Å². The Labute approximate surface area is 159 Å².